The topological polar surface area (TPSA) is 81.9 Å². The number of nitrogens with zero attached hydrogens (tertiary/aromatic N) is 4. The lowest BCUT2D eigenvalue weighted by Gasteiger charge is -2.11. The number of hydrogen-bond acceptors (Lipinski definition) is 6. The molecule has 0 spiro atoms. The normalized spacial score (nSPS) is 10.7. The molecule has 0 aliphatic carbocycles. The molecule has 0 unspecified atom stereocenters. The number of carbonyl (C=O) groups excluding carboxylic acids is 1. The average Bonchev–Trinajstić information content (AvgIpc) is 3.25. The van der Waals surface area contributed by atoms with Crippen LogP contribution in [0, 0.1) is 5.82 Å². The summed E-state index contributed by atoms with van der Waals surface area (Å²) in [4.78, 5) is 16.8. The molecular formula is C22H17ClFN5O2S. The monoisotopic (exact) mass is 469 g/mol. The van der Waals surface area contributed by atoms with Gasteiger partial charge in [-0.1, -0.05) is 29.4 Å². The first-order chi connectivity index (χ1) is 15.5. The number of carbonyl (C=O) groups is 1. The third-order valence-electron chi connectivity index (χ3n) is 4.39. The third kappa shape index (κ3) is 4.90. The smallest absolute Gasteiger partial charge is 0.234 e. The number of hydrogen-bond donors (Lipinski definition) is 1. The molecule has 2 aromatic carbocycles. The molecular weight excluding hydrogens is 453 g/mol. The highest BCUT2D eigenvalue weighted by molar-refractivity contribution is 7.99. The van der Waals surface area contributed by atoms with Crippen LogP contribution in [0.2, 0.25) is 5.02 Å². The lowest BCUT2D eigenvalue weighted by Crippen LogP contribution is -2.14. The van der Waals surface area contributed by atoms with Crippen LogP contribution in [0.1, 0.15) is 0 Å². The van der Waals surface area contributed by atoms with Crippen molar-refractivity contribution >= 4 is 35.0 Å². The largest absolute Gasteiger partial charge is 0.497 e. The van der Waals surface area contributed by atoms with E-state index in [1.165, 1.54) is 30.0 Å². The van der Waals surface area contributed by atoms with Crippen LogP contribution < -0.4 is 10.1 Å². The van der Waals surface area contributed by atoms with Gasteiger partial charge in [0.1, 0.15) is 17.3 Å². The fourth-order valence-electron chi connectivity index (χ4n) is 2.89. The van der Waals surface area contributed by atoms with Crippen molar-refractivity contribution in [3.05, 3.63) is 77.7 Å². The molecule has 0 bridgehead atoms. The van der Waals surface area contributed by atoms with Gasteiger partial charge in [0.25, 0.3) is 0 Å². The summed E-state index contributed by atoms with van der Waals surface area (Å²) in [5.74, 6) is 0.484. The van der Waals surface area contributed by atoms with E-state index in [1.54, 1.807) is 13.3 Å². The van der Waals surface area contributed by atoms with E-state index in [4.69, 9.17) is 16.3 Å². The Hall–Kier alpha value is -3.43. The molecule has 4 aromatic rings. The summed E-state index contributed by atoms with van der Waals surface area (Å²) < 4.78 is 20.4. The van der Waals surface area contributed by atoms with Crippen molar-refractivity contribution in [2.45, 2.75) is 5.16 Å². The van der Waals surface area contributed by atoms with Crippen LogP contribution in [0.5, 0.6) is 5.75 Å². The van der Waals surface area contributed by atoms with Crippen molar-refractivity contribution in [2.75, 3.05) is 18.2 Å². The van der Waals surface area contributed by atoms with E-state index < -0.39 is 5.82 Å². The van der Waals surface area contributed by atoms with E-state index in [0.29, 0.717) is 28.1 Å². The van der Waals surface area contributed by atoms with E-state index in [2.05, 4.69) is 20.5 Å². The predicted molar refractivity (Wildman–Crippen MR) is 122 cm³/mol. The fraction of sp³-hybridized carbons (Fsp3) is 0.0909. The Labute approximate surface area is 192 Å². The van der Waals surface area contributed by atoms with E-state index in [9.17, 15) is 9.18 Å². The molecule has 1 amide bonds. The molecule has 0 atom stereocenters. The van der Waals surface area contributed by atoms with Gasteiger partial charge in [-0.2, -0.15) is 0 Å². The molecule has 2 aromatic heterocycles. The molecule has 7 nitrogen and oxygen atoms in total. The van der Waals surface area contributed by atoms with E-state index in [1.807, 2.05) is 47.0 Å². The fourth-order valence-corrected chi connectivity index (χ4v) is 3.82. The highest BCUT2D eigenvalue weighted by atomic mass is 35.5. The molecule has 0 aliphatic rings. The zero-order valence-corrected chi connectivity index (χ0v) is 18.4. The van der Waals surface area contributed by atoms with Crippen LogP contribution in [-0.4, -0.2) is 38.5 Å². The number of anilines is 1. The van der Waals surface area contributed by atoms with E-state index in [-0.39, 0.29) is 16.7 Å². The highest BCUT2D eigenvalue weighted by Crippen LogP contribution is 2.28. The van der Waals surface area contributed by atoms with Gasteiger partial charge in [0, 0.05) is 11.9 Å². The molecule has 1 N–H and O–H groups in total. The Morgan fingerprint density at radius 3 is 2.66 bits per heavy atom. The standard InChI is InChI=1S/C22H17ClFN5O2S/c1-31-16-8-6-15(7-9-16)29-21(19-4-2-3-11-25-19)27-28-22(29)32-13-20(30)26-14-5-10-18(24)17(23)12-14/h2-12H,13H2,1H3,(H,26,30). The van der Waals surface area contributed by atoms with Crippen LogP contribution in [0.4, 0.5) is 10.1 Å². The van der Waals surface area contributed by atoms with Crippen molar-refractivity contribution in [3.63, 3.8) is 0 Å². The van der Waals surface area contributed by atoms with Gasteiger partial charge in [0.2, 0.25) is 5.91 Å². The maximum Gasteiger partial charge on any atom is 0.234 e. The number of halogens is 2. The molecule has 10 heteroatoms. The van der Waals surface area contributed by atoms with Gasteiger partial charge in [-0.3, -0.25) is 14.3 Å². The summed E-state index contributed by atoms with van der Waals surface area (Å²) in [6, 6.07) is 16.9. The number of amides is 1. The quantitative estimate of drug-likeness (QED) is 0.389. The Balaban J connectivity index is 1.58. The van der Waals surface area contributed by atoms with Crippen molar-refractivity contribution in [1.29, 1.82) is 0 Å². The zero-order valence-electron chi connectivity index (χ0n) is 16.8. The van der Waals surface area contributed by atoms with Gasteiger partial charge in [-0.15, -0.1) is 10.2 Å². The molecule has 32 heavy (non-hydrogen) atoms. The number of benzene rings is 2. The third-order valence-corrected chi connectivity index (χ3v) is 5.61. The molecule has 0 saturated heterocycles. The number of pyridine rings is 1. The second-order valence-electron chi connectivity index (χ2n) is 6.52. The lowest BCUT2D eigenvalue weighted by atomic mass is 10.3. The van der Waals surface area contributed by atoms with E-state index in [0.717, 1.165) is 5.69 Å². The van der Waals surface area contributed by atoms with Gasteiger partial charge in [0.05, 0.1) is 23.6 Å². The molecule has 0 aliphatic heterocycles. The summed E-state index contributed by atoms with van der Waals surface area (Å²) in [6.07, 6.45) is 1.68. The average molecular weight is 470 g/mol. The SMILES string of the molecule is COc1ccc(-n2c(SCC(=O)Nc3ccc(F)c(Cl)c3)nnc2-c2ccccn2)cc1. The Morgan fingerprint density at radius 1 is 1.16 bits per heavy atom. The van der Waals surface area contributed by atoms with Gasteiger partial charge >= 0.3 is 0 Å². The second kappa shape index (κ2) is 9.80. The first-order valence-electron chi connectivity index (χ1n) is 9.44. The lowest BCUT2D eigenvalue weighted by molar-refractivity contribution is -0.113. The molecule has 0 fully saturated rings. The number of methoxy groups -OCH3 is 1. The summed E-state index contributed by atoms with van der Waals surface area (Å²) in [6.45, 7) is 0. The van der Waals surface area contributed by atoms with Gasteiger partial charge in [-0.05, 0) is 54.6 Å². The Kier molecular flexibility index (Phi) is 6.67. The minimum atomic E-state index is -0.548. The molecule has 2 heterocycles. The van der Waals surface area contributed by atoms with Crippen LogP contribution in [0.15, 0.2) is 72.0 Å². The molecule has 4 rings (SSSR count). The summed E-state index contributed by atoms with van der Waals surface area (Å²) in [7, 11) is 1.60. The Morgan fingerprint density at radius 2 is 1.97 bits per heavy atom. The second-order valence-corrected chi connectivity index (χ2v) is 7.87. The number of rotatable bonds is 7. The van der Waals surface area contributed by atoms with Crippen LogP contribution >= 0.6 is 23.4 Å². The van der Waals surface area contributed by atoms with Crippen molar-refractivity contribution in [2.24, 2.45) is 0 Å². The molecule has 0 saturated carbocycles. The van der Waals surface area contributed by atoms with Gasteiger partial charge in [-0.25, -0.2) is 4.39 Å². The van der Waals surface area contributed by atoms with Crippen molar-refractivity contribution in [3.8, 4) is 23.0 Å². The minimum Gasteiger partial charge on any atom is -0.497 e. The van der Waals surface area contributed by atoms with Crippen LogP contribution in [-0.2, 0) is 4.79 Å². The predicted octanol–water partition coefficient (Wildman–Crippen LogP) is 4.86. The summed E-state index contributed by atoms with van der Waals surface area (Å²) >= 11 is 6.99. The summed E-state index contributed by atoms with van der Waals surface area (Å²) in [5.41, 5.74) is 1.85. The Bertz CT molecular complexity index is 1240. The van der Waals surface area contributed by atoms with E-state index >= 15 is 0 Å². The summed E-state index contributed by atoms with van der Waals surface area (Å²) in [5, 5.41) is 11.7. The first-order valence-corrected chi connectivity index (χ1v) is 10.8. The van der Waals surface area contributed by atoms with Crippen LogP contribution in [0.3, 0.4) is 0 Å². The first kappa shape index (κ1) is 21.8. The van der Waals surface area contributed by atoms with Crippen molar-refractivity contribution < 1.29 is 13.9 Å². The van der Waals surface area contributed by atoms with Crippen molar-refractivity contribution in [1.82, 2.24) is 19.7 Å². The van der Waals surface area contributed by atoms with Gasteiger partial charge < -0.3 is 10.1 Å². The number of nitrogens with one attached hydrogen (secondary N) is 1. The molecule has 162 valence electrons. The van der Waals surface area contributed by atoms with Crippen LogP contribution in [0.25, 0.3) is 17.2 Å². The zero-order chi connectivity index (χ0) is 22.5. The maximum absolute atomic E-state index is 13.3. The number of thioether (sulfide) groups is 1. The van der Waals surface area contributed by atoms with Gasteiger partial charge in [0.15, 0.2) is 11.0 Å². The number of aromatic nitrogens is 4. The minimum absolute atomic E-state index is 0.0605. The number of ether oxygens (including phenoxy) is 1. The molecule has 0 radical (unpaired) electrons. The highest BCUT2D eigenvalue weighted by Gasteiger charge is 2.18. The maximum atomic E-state index is 13.3.